The molecule has 212 valence electrons. The van der Waals surface area contributed by atoms with E-state index in [1.54, 1.807) is 21.3 Å². The van der Waals surface area contributed by atoms with Gasteiger partial charge in [-0.2, -0.15) is 8.61 Å². The number of morpholine rings is 1. The molecule has 1 aromatic rings. The molecule has 0 aromatic heterocycles. The molecule has 2 heterocycles. The minimum Gasteiger partial charge on any atom is -0.441 e. The molecule has 0 bridgehead atoms. The van der Waals surface area contributed by atoms with Crippen LogP contribution in [0.3, 0.4) is 0 Å². The fourth-order valence-electron chi connectivity index (χ4n) is 5.68. The lowest BCUT2D eigenvalue weighted by Crippen LogP contribution is -2.62. The summed E-state index contributed by atoms with van der Waals surface area (Å²) >= 11 is 6.03. The number of carbonyl (C=O) groups excluding carboxylic acids is 1. The molecule has 13 heteroatoms. The minimum atomic E-state index is -3.92. The highest BCUT2D eigenvalue weighted by Gasteiger charge is 2.61. The molecule has 0 radical (unpaired) electrons. The summed E-state index contributed by atoms with van der Waals surface area (Å²) in [6.45, 7) is 2.98. The molecule has 2 saturated carbocycles. The Kier molecular flexibility index (Phi) is 7.77. The number of piperazine rings is 1. The number of carbonyl (C=O) groups is 1. The lowest BCUT2D eigenvalue weighted by atomic mass is 10.0. The number of sulfonamides is 2. The first-order valence-corrected chi connectivity index (χ1v) is 16.9. The number of hydrogen-bond acceptors (Lipinski definition) is 7. The Labute approximate surface area is 230 Å². The van der Waals surface area contributed by atoms with Gasteiger partial charge in [0, 0.05) is 36.7 Å². The van der Waals surface area contributed by atoms with Gasteiger partial charge < -0.3 is 14.4 Å². The van der Waals surface area contributed by atoms with Crippen LogP contribution in [0.1, 0.15) is 45.4 Å². The van der Waals surface area contributed by atoms with E-state index in [1.807, 2.05) is 6.92 Å². The van der Waals surface area contributed by atoms with E-state index in [9.17, 15) is 21.6 Å². The normalized spacial score (nSPS) is 28.7. The van der Waals surface area contributed by atoms with Crippen LogP contribution in [0.4, 0.5) is 4.79 Å². The molecule has 0 spiro atoms. The maximum absolute atomic E-state index is 14.0. The number of halogens is 1. The van der Waals surface area contributed by atoms with Crippen LogP contribution in [0, 0.1) is 5.92 Å². The van der Waals surface area contributed by atoms with Crippen LogP contribution in [-0.4, -0.2) is 99.3 Å². The van der Waals surface area contributed by atoms with Crippen molar-refractivity contribution in [1.29, 1.82) is 0 Å². The quantitative estimate of drug-likeness (QED) is 0.458. The zero-order chi connectivity index (χ0) is 27.3. The third kappa shape index (κ3) is 5.71. The summed E-state index contributed by atoms with van der Waals surface area (Å²) < 4.78 is 67.2. The van der Waals surface area contributed by atoms with Gasteiger partial charge in [-0.3, -0.25) is 0 Å². The number of hydrogen-bond donors (Lipinski definition) is 0. The summed E-state index contributed by atoms with van der Waals surface area (Å²) in [7, 11) is -7.29. The van der Waals surface area contributed by atoms with Crippen molar-refractivity contribution >= 4 is 37.7 Å². The zero-order valence-electron chi connectivity index (χ0n) is 21.8. The van der Waals surface area contributed by atoms with Crippen molar-refractivity contribution < 1.29 is 31.1 Å². The maximum atomic E-state index is 14.0. The fourth-order valence-corrected chi connectivity index (χ4v) is 8.51. The smallest absolute Gasteiger partial charge is 0.410 e. The molecule has 0 unspecified atom stereocenters. The van der Waals surface area contributed by atoms with Crippen LogP contribution >= 0.6 is 11.6 Å². The Morgan fingerprint density at radius 3 is 2.34 bits per heavy atom. The monoisotopic (exact) mass is 589 g/mol. The Hall–Kier alpha value is -1.44. The molecule has 4 fully saturated rings. The summed E-state index contributed by atoms with van der Waals surface area (Å²) in [4.78, 5) is 15.2. The summed E-state index contributed by atoms with van der Waals surface area (Å²) in [6.07, 6.45) is 5.15. The summed E-state index contributed by atoms with van der Waals surface area (Å²) in [5.41, 5.74) is -0.981. The standard InChI is InChI=1S/C25H36ClN3O7S2/c1-3-20-15-27(37(2,31)32)12-13-28(20)24(30)36-25(10-11-25)23-17-35-16-21(14-18-4-5-18)29(23)38(33,34)22-8-6-19(26)7-9-22/h6-9,18,20-21,23H,3-5,10-17H2,1-2H3/t20-,21+,23+/m0/s1. The fraction of sp³-hybridized carbons (Fsp3) is 0.720. The Morgan fingerprint density at radius 1 is 1.08 bits per heavy atom. The van der Waals surface area contributed by atoms with Gasteiger partial charge >= 0.3 is 6.09 Å². The molecule has 10 nitrogen and oxygen atoms in total. The van der Waals surface area contributed by atoms with Gasteiger partial charge in [0.05, 0.1) is 30.4 Å². The zero-order valence-corrected chi connectivity index (χ0v) is 24.2. The minimum absolute atomic E-state index is 0.139. The summed E-state index contributed by atoms with van der Waals surface area (Å²) in [6, 6.07) is 4.83. The Balaban J connectivity index is 1.39. The molecule has 5 rings (SSSR count). The van der Waals surface area contributed by atoms with E-state index in [0.29, 0.717) is 43.2 Å². The topological polar surface area (TPSA) is 114 Å². The molecule has 2 aliphatic heterocycles. The van der Waals surface area contributed by atoms with Gasteiger partial charge in [-0.25, -0.2) is 21.6 Å². The lowest BCUT2D eigenvalue weighted by molar-refractivity contribution is -0.0764. The van der Waals surface area contributed by atoms with E-state index in [0.717, 1.165) is 12.8 Å². The van der Waals surface area contributed by atoms with Crippen molar-refractivity contribution in [2.75, 3.05) is 39.1 Å². The van der Waals surface area contributed by atoms with Gasteiger partial charge in [-0.05, 0) is 55.9 Å². The SMILES string of the molecule is CC[C@H]1CN(S(C)(=O)=O)CCN1C(=O)OC1([C@H]2COC[C@@H](CC3CC3)N2S(=O)(=O)c2ccc(Cl)cc2)CC1. The number of nitrogens with zero attached hydrogens (tertiary/aromatic N) is 3. The van der Waals surface area contributed by atoms with E-state index in [1.165, 1.54) is 22.7 Å². The first kappa shape index (κ1) is 28.1. The molecule has 1 amide bonds. The third-order valence-corrected chi connectivity index (χ3v) is 11.7. The van der Waals surface area contributed by atoms with Crippen LogP contribution in [0.15, 0.2) is 29.2 Å². The second kappa shape index (κ2) is 10.5. The molecule has 4 aliphatic rings. The first-order chi connectivity index (χ1) is 17.9. The molecule has 2 saturated heterocycles. The van der Waals surface area contributed by atoms with Gasteiger partial charge in [0.25, 0.3) is 0 Å². The van der Waals surface area contributed by atoms with E-state index in [4.69, 9.17) is 21.1 Å². The van der Waals surface area contributed by atoms with Crippen LogP contribution in [0.2, 0.25) is 5.02 Å². The van der Waals surface area contributed by atoms with Crippen LogP contribution in [-0.2, 0) is 29.5 Å². The van der Waals surface area contributed by atoms with Gasteiger partial charge in [0.1, 0.15) is 5.60 Å². The highest BCUT2D eigenvalue weighted by molar-refractivity contribution is 7.89. The van der Waals surface area contributed by atoms with E-state index in [-0.39, 0.29) is 43.2 Å². The maximum Gasteiger partial charge on any atom is 0.410 e. The second-order valence-electron chi connectivity index (χ2n) is 11.0. The van der Waals surface area contributed by atoms with E-state index >= 15 is 0 Å². The second-order valence-corrected chi connectivity index (χ2v) is 15.2. The third-order valence-electron chi connectivity index (χ3n) is 8.21. The Bertz CT molecular complexity index is 1250. The van der Waals surface area contributed by atoms with E-state index in [2.05, 4.69) is 0 Å². The van der Waals surface area contributed by atoms with Crippen LogP contribution in [0.25, 0.3) is 0 Å². The summed E-state index contributed by atoms with van der Waals surface area (Å²) in [5, 5.41) is 0.450. The molecular weight excluding hydrogens is 554 g/mol. The van der Waals surface area contributed by atoms with Crippen molar-refractivity contribution in [2.45, 2.75) is 74.1 Å². The largest absolute Gasteiger partial charge is 0.441 e. The van der Waals surface area contributed by atoms with Gasteiger partial charge in [0.2, 0.25) is 20.0 Å². The number of ether oxygens (including phenoxy) is 2. The highest BCUT2D eigenvalue weighted by atomic mass is 35.5. The molecule has 2 aliphatic carbocycles. The number of rotatable bonds is 8. The molecule has 3 atom stereocenters. The van der Waals surface area contributed by atoms with Crippen molar-refractivity contribution in [3.63, 3.8) is 0 Å². The van der Waals surface area contributed by atoms with Crippen LogP contribution in [0.5, 0.6) is 0 Å². The first-order valence-electron chi connectivity index (χ1n) is 13.3. The van der Waals surface area contributed by atoms with Gasteiger partial charge in [0.15, 0.2) is 0 Å². The number of amides is 1. The number of benzene rings is 1. The molecule has 0 N–H and O–H groups in total. The van der Waals surface area contributed by atoms with Gasteiger partial charge in [-0.15, -0.1) is 0 Å². The highest BCUT2D eigenvalue weighted by Crippen LogP contribution is 2.49. The van der Waals surface area contributed by atoms with Gasteiger partial charge in [-0.1, -0.05) is 31.4 Å². The predicted octanol–water partition coefficient (Wildman–Crippen LogP) is 2.92. The predicted molar refractivity (Wildman–Crippen MR) is 142 cm³/mol. The average Bonchev–Trinajstić information content (AvgIpc) is 3.81. The average molecular weight is 590 g/mol. The molecule has 1 aromatic carbocycles. The van der Waals surface area contributed by atoms with Crippen LogP contribution < -0.4 is 0 Å². The van der Waals surface area contributed by atoms with Crippen molar-refractivity contribution in [3.8, 4) is 0 Å². The van der Waals surface area contributed by atoms with Crippen molar-refractivity contribution in [2.24, 2.45) is 5.92 Å². The Morgan fingerprint density at radius 2 is 1.76 bits per heavy atom. The van der Waals surface area contributed by atoms with Crippen molar-refractivity contribution in [3.05, 3.63) is 29.3 Å². The van der Waals surface area contributed by atoms with Crippen molar-refractivity contribution in [1.82, 2.24) is 13.5 Å². The lowest BCUT2D eigenvalue weighted by Gasteiger charge is -2.45. The van der Waals surface area contributed by atoms with E-state index < -0.39 is 37.8 Å². The molecule has 38 heavy (non-hydrogen) atoms. The molecular formula is C25H36ClN3O7S2. The summed E-state index contributed by atoms with van der Waals surface area (Å²) in [5.74, 6) is 0.472.